The Bertz CT molecular complexity index is 607. The van der Waals surface area contributed by atoms with Gasteiger partial charge < -0.3 is 9.73 Å². The predicted molar refractivity (Wildman–Crippen MR) is 84.1 cm³/mol. The van der Waals surface area contributed by atoms with Gasteiger partial charge in [0.25, 0.3) is 0 Å². The lowest BCUT2D eigenvalue weighted by Crippen LogP contribution is -2.17. The molecule has 0 radical (unpaired) electrons. The molecule has 1 aliphatic carbocycles. The molecule has 0 saturated heterocycles. The van der Waals surface area contributed by atoms with Crippen molar-refractivity contribution in [3.05, 3.63) is 35.6 Å². The van der Waals surface area contributed by atoms with Gasteiger partial charge in [-0.1, -0.05) is 26.8 Å². The first-order chi connectivity index (χ1) is 9.55. The molecule has 20 heavy (non-hydrogen) atoms. The molecule has 1 unspecified atom stereocenters. The van der Waals surface area contributed by atoms with E-state index in [9.17, 15) is 0 Å². The maximum Gasteiger partial charge on any atom is 0.134 e. The summed E-state index contributed by atoms with van der Waals surface area (Å²) in [6, 6.07) is 9.25. The van der Waals surface area contributed by atoms with Crippen LogP contribution >= 0.6 is 0 Å². The Kier molecular flexibility index (Phi) is 3.37. The zero-order chi connectivity index (χ0) is 14.3. The molecule has 1 N–H and O–H groups in total. The van der Waals surface area contributed by atoms with E-state index >= 15 is 0 Å². The highest BCUT2D eigenvalue weighted by atomic mass is 16.3. The first kappa shape index (κ1) is 13.7. The van der Waals surface area contributed by atoms with Crippen LogP contribution < -0.4 is 5.32 Å². The molecule has 2 aromatic rings. The van der Waals surface area contributed by atoms with Gasteiger partial charge in [-0.3, -0.25) is 0 Å². The quantitative estimate of drug-likeness (QED) is 0.845. The van der Waals surface area contributed by atoms with Crippen LogP contribution in [0, 0.1) is 5.92 Å². The molecular weight excluding hydrogens is 246 g/mol. The summed E-state index contributed by atoms with van der Waals surface area (Å²) in [6.45, 7) is 6.85. The molecule has 0 spiro atoms. The normalized spacial score (nSPS) is 17.6. The van der Waals surface area contributed by atoms with Crippen LogP contribution in [0.4, 0.5) is 0 Å². The fraction of sp³-hybridized carbons (Fsp3) is 0.556. The van der Waals surface area contributed by atoms with Crippen molar-refractivity contribution < 1.29 is 4.42 Å². The summed E-state index contributed by atoms with van der Waals surface area (Å²) >= 11 is 0. The molecule has 1 fully saturated rings. The third kappa shape index (κ3) is 2.37. The van der Waals surface area contributed by atoms with E-state index < -0.39 is 0 Å². The lowest BCUT2D eigenvalue weighted by molar-refractivity contribution is 0.419. The Morgan fingerprint density at radius 1 is 1.30 bits per heavy atom. The molecule has 108 valence electrons. The van der Waals surface area contributed by atoms with Gasteiger partial charge in [-0.25, -0.2) is 0 Å². The average molecular weight is 271 g/mol. The predicted octanol–water partition coefficient (Wildman–Crippen LogP) is 4.79. The van der Waals surface area contributed by atoms with Crippen molar-refractivity contribution >= 4 is 11.0 Å². The number of hydrogen-bond acceptors (Lipinski definition) is 2. The van der Waals surface area contributed by atoms with Crippen molar-refractivity contribution in [1.82, 2.24) is 5.32 Å². The molecule has 0 amide bonds. The summed E-state index contributed by atoms with van der Waals surface area (Å²) in [5.41, 5.74) is 2.63. The van der Waals surface area contributed by atoms with Crippen LogP contribution in [-0.4, -0.2) is 7.05 Å². The second-order valence-corrected chi connectivity index (χ2v) is 6.74. The topological polar surface area (TPSA) is 25.2 Å². The molecular formula is C18H25NO. The second-order valence-electron chi connectivity index (χ2n) is 6.74. The van der Waals surface area contributed by atoms with E-state index in [4.69, 9.17) is 4.42 Å². The lowest BCUT2D eigenvalue weighted by Gasteiger charge is -2.23. The molecule has 1 heterocycles. The van der Waals surface area contributed by atoms with Crippen LogP contribution in [0.2, 0.25) is 0 Å². The Labute approximate surface area is 121 Å². The van der Waals surface area contributed by atoms with E-state index in [1.807, 2.05) is 7.05 Å². The Balaban J connectivity index is 1.98. The molecule has 3 rings (SSSR count). The van der Waals surface area contributed by atoms with Crippen molar-refractivity contribution in [2.75, 3.05) is 7.05 Å². The monoisotopic (exact) mass is 271 g/mol. The van der Waals surface area contributed by atoms with Gasteiger partial charge in [0, 0.05) is 5.39 Å². The number of fused-ring (bicyclic) bond motifs is 1. The lowest BCUT2D eigenvalue weighted by atomic mass is 9.82. The van der Waals surface area contributed by atoms with Gasteiger partial charge in [-0.2, -0.15) is 0 Å². The van der Waals surface area contributed by atoms with Crippen LogP contribution in [0.15, 0.2) is 28.7 Å². The highest BCUT2D eigenvalue weighted by Gasteiger charge is 2.33. The fourth-order valence-electron chi connectivity index (χ4n) is 2.88. The van der Waals surface area contributed by atoms with Crippen LogP contribution in [-0.2, 0) is 5.41 Å². The van der Waals surface area contributed by atoms with Crippen molar-refractivity contribution in [1.29, 1.82) is 0 Å². The van der Waals surface area contributed by atoms with Crippen molar-refractivity contribution in [3.63, 3.8) is 0 Å². The Morgan fingerprint density at radius 2 is 2.05 bits per heavy atom. The summed E-state index contributed by atoms with van der Waals surface area (Å²) in [7, 11) is 2.03. The maximum absolute atomic E-state index is 6.06. The summed E-state index contributed by atoms with van der Waals surface area (Å²) in [6.07, 6.45) is 3.78. The zero-order valence-corrected chi connectivity index (χ0v) is 13.0. The van der Waals surface area contributed by atoms with Crippen molar-refractivity contribution in [2.45, 2.75) is 51.5 Å². The summed E-state index contributed by atoms with van der Waals surface area (Å²) in [5, 5.41) is 4.64. The van der Waals surface area contributed by atoms with Gasteiger partial charge in [0.15, 0.2) is 0 Å². The smallest absolute Gasteiger partial charge is 0.134 e. The third-order valence-corrected chi connectivity index (χ3v) is 4.91. The molecule has 2 heteroatoms. The number of benzene rings is 1. The number of furan rings is 1. The molecule has 1 aliphatic rings. The molecule has 1 saturated carbocycles. The van der Waals surface area contributed by atoms with E-state index in [-0.39, 0.29) is 5.41 Å². The number of rotatable bonds is 5. The average Bonchev–Trinajstić information content (AvgIpc) is 3.17. The summed E-state index contributed by atoms with van der Waals surface area (Å²) in [4.78, 5) is 0. The first-order valence-corrected chi connectivity index (χ1v) is 7.76. The van der Waals surface area contributed by atoms with E-state index in [0.29, 0.717) is 6.04 Å². The van der Waals surface area contributed by atoms with E-state index in [1.165, 1.54) is 23.8 Å². The van der Waals surface area contributed by atoms with Gasteiger partial charge in [-0.15, -0.1) is 0 Å². The minimum absolute atomic E-state index is 0.227. The van der Waals surface area contributed by atoms with Crippen molar-refractivity contribution in [2.24, 2.45) is 5.92 Å². The van der Waals surface area contributed by atoms with Crippen LogP contribution in [0.25, 0.3) is 11.0 Å². The van der Waals surface area contributed by atoms with Crippen molar-refractivity contribution in [3.8, 4) is 0 Å². The third-order valence-electron chi connectivity index (χ3n) is 4.91. The van der Waals surface area contributed by atoms with Gasteiger partial charge in [0.1, 0.15) is 11.3 Å². The molecule has 0 aliphatic heterocycles. The Hall–Kier alpha value is -1.28. The first-order valence-electron chi connectivity index (χ1n) is 7.76. The minimum Gasteiger partial charge on any atom is -0.459 e. The van der Waals surface area contributed by atoms with Crippen LogP contribution in [0.1, 0.15) is 57.4 Å². The molecule has 1 aromatic carbocycles. The molecule has 2 nitrogen and oxygen atoms in total. The highest BCUT2D eigenvalue weighted by molar-refractivity contribution is 5.79. The zero-order valence-electron chi connectivity index (χ0n) is 13.0. The number of hydrogen-bond donors (Lipinski definition) is 1. The highest BCUT2D eigenvalue weighted by Crippen LogP contribution is 2.42. The van der Waals surface area contributed by atoms with Gasteiger partial charge in [0.2, 0.25) is 0 Å². The maximum atomic E-state index is 6.06. The van der Waals surface area contributed by atoms with Gasteiger partial charge in [-0.05, 0) is 61.4 Å². The standard InChI is InChI=1S/C18H25NO/c1-5-18(2,3)14-8-9-15-13(10-14)11-16(20-15)17(19-4)12-6-7-12/h8-12,17,19H,5-7H2,1-4H3. The van der Waals surface area contributed by atoms with Gasteiger partial charge >= 0.3 is 0 Å². The van der Waals surface area contributed by atoms with Crippen LogP contribution in [0.5, 0.6) is 0 Å². The Morgan fingerprint density at radius 3 is 2.65 bits per heavy atom. The molecule has 0 bridgehead atoms. The summed E-state index contributed by atoms with van der Waals surface area (Å²) in [5.74, 6) is 1.85. The SMILES string of the molecule is CCC(C)(C)c1ccc2oc(C(NC)C3CC3)cc2c1. The molecule has 1 atom stereocenters. The largest absolute Gasteiger partial charge is 0.459 e. The van der Waals surface area contributed by atoms with E-state index in [0.717, 1.165) is 23.7 Å². The number of nitrogens with one attached hydrogen (secondary N) is 1. The van der Waals surface area contributed by atoms with E-state index in [2.05, 4.69) is 50.4 Å². The van der Waals surface area contributed by atoms with Gasteiger partial charge in [0.05, 0.1) is 6.04 Å². The molecule has 1 aromatic heterocycles. The van der Waals surface area contributed by atoms with E-state index in [1.54, 1.807) is 0 Å². The fourth-order valence-corrected chi connectivity index (χ4v) is 2.88. The minimum atomic E-state index is 0.227. The second kappa shape index (κ2) is 4.92. The summed E-state index contributed by atoms with van der Waals surface area (Å²) < 4.78 is 6.06. The van der Waals surface area contributed by atoms with Crippen LogP contribution in [0.3, 0.4) is 0 Å².